The molecule has 0 fully saturated rings. The number of pyridine rings is 2. The molecule has 0 aliphatic carbocycles. The number of hydrogen-bond acceptors (Lipinski definition) is 6. The van der Waals surface area contributed by atoms with Crippen LogP contribution in [0.4, 0.5) is 11.5 Å². The maximum absolute atomic E-state index is 10.9. The van der Waals surface area contributed by atoms with Gasteiger partial charge in [0.2, 0.25) is 0 Å². The molecule has 4 rings (SSSR count). The van der Waals surface area contributed by atoms with Crippen molar-refractivity contribution < 1.29 is 4.92 Å². The second-order valence-corrected chi connectivity index (χ2v) is 5.68. The fraction of sp³-hybridized carbons (Fsp3) is 0.118. The van der Waals surface area contributed by atoms with Crippen LogP contribution in [0.25, 0.3) is 16.6 Å². The second-order valence-electron chi connectivity index (χ2n) is 5.68. The normalized spacial score (nSPS) is 12.4. The molecule has 1 aromatic carbocycles. The van der Waals surface area contributed by atoms with Crippen LogP contribution in [0.2, 0.25) is 0 Å². The molecule has 1 atom stereocenters. The van der Waals surface area contributed by atoms with E-state index in [9.17, 15) is 10.1 Å². The van der Waals surface area contributed by atoms with Crippen molar-refractivity contribution >= 4 is 28.1 Å². The zero-order valence-electron chi connectivity index (χ0n) is 13.3. The first-order chi connectivity index (χ1) is 12.1. The van der Waals surface area contributed by atoms with Gasteiger partial charge in [-0.05, 0) is 37.3 Å². The Morgan fingerprint density at radius 1 is 1.16 bits per heavy atom. The third-order valence-corrected chi connectivity index (χ3v) is 3.98. The molecule has 0 amide bonds. The molecule has 3 aromatic heterocycles. The highest BCUT2D eigenvalue weighted by molar-refractivity contribution is 5.82. The molecule has 1 unspecified atom stereocenters. The monoisotopic (exact) mass is 334 g/mol. The summed E-state index contributed by atoms with van der Waals surface area (Å²) in [5.41, 5.74) is 1.53. The van der Waals surface area contributed by atoms with Gasteiger partial charge in [0.1, 0.15) is 5.82 Å². The highest BCUT2D eigenvalue weighted by Gasteiger charge is 2.14. The molecule has 0 aliphatic heterocycles. The van der Waals surface area contributed by atoms with Gasteiger partial charge in [0.05, 0.1) is 16.5 Å². The van der Waals surface area contributed by atoms with E-state index in [1.807, 2.05) is 41.8 Å². The topological polar surface area (TPSA) is 98.2 Å². The lowest BCUT2D eigenvalue weighted by Gasteiger charge is -2.13. The van der Waals surface area contributed by atoms with Gasteiger partial charge in [-0.25, -0.2) is 4.98 Å². The van der Waals surface area contributed by atoms with Gasteiger partial charge in [0.15, 0.2) is 11.5 Å². The summed E-state index contributed by atoms with van der Waals surface area (Å²) in [6.45, 7) is 1.98. The summed E-state index contributed by atoms with van der Waals surface area (Å²) in [5.74, 6) is 1.45. The Balaban J connectivity index is 1.63. The molecule has 8 nitrogen and oxygen atoms in total. The minimum Gasteiger partial charge on any atom is -0.360 e. The molecule has 4 aromatic rings. The third-order valence-electron chi connectivity index (χ3n) is 3.98. The van der Waals surface area contributed by atoms with Gasteiger partial charge in [-0.15, -0.1) is 10.2 Å². The average molecular weight is 334 g/mol. The van der Waals surface area contributed by atoms with E-state index in [0.717, 1.165) is 16.9 Å². The van der Waals surface area contributed by atoms with Crippen LogP contribution in [0.3, 0.4) is 0 Å². The van der Waals surface area contributed by atoms with Crippen molar-refractivity contribution in [2.24, 2.45) is 0 Å². The van der Waals surface area contributed by atoms with Crippen LogP contribution in [0.1, 0.15) is 18.8 Å². The van der Waals surface area contributed by atoms with Crippen molar-refractivity contribution in [2.75, 3.05) is 5.32 Å². The van der Waals surface area contributed by atoms with Crippen LogP contribution in [0.5, 0.6) is 0 Å². The molecule has 0 saturated heterocycles. The highest BCUT2D eigenvalue weighted by atomic mass is 16.6. The lowest BCUT2D eigenvalue weighted by molar-refractivity contribution is -0.384. The van der Waals surface area contributed by atoms with Crippen LogP contribution >= 0.6 is 0 Å². The first kappa shape index (κ1) is 15.0. The summed E-state index contributed by atoms with van der Waals surface area (Å²) in [5, 5.41) is 23.3. The molecule has 25 heavy (non-hydrogen) atoms. The predicted octanol–water partition coefficient (Wildman–Crippen LogP) is 3.36. The Morgan fingerprint density at radius 2 is 2.04 bits per heavy atom. The van der Waals surface area contributed by atoms with Gasteiger partial charge in [-0.3, -0.25) is 14.5 Å². The number of nitro benzene ring substituents is 1. The van der Waals surface area contributed by atoms with E-state index in [4.69, 9.17) is 0 Å². The molecule has 0 spiro atoms. The maximum Gasteiger partial charge on any atom is 0.270 e. The van der Waals surface area contributed by atoms with E-state index < -0.39 is 4.92 Å². The molecular formula is C17H14N6O2. The van der Waals surface area contributed by atoms with E-state index >= 15 is 0 Å². The first-order valence-corrected chi connectivity index (χ1v) is 7.73. The lowest BCUT2D eigenvalue weighted by atomic mass is 10.2. The predicted molar refractivity (Wildman–Crippen MR) is 93.4 cm³/mol. The Morgan fingerprint density at radius 3 is 2.88 bits per heavy atom. The fourth-order valence-electron chi connectivity index (χ4n) is 2.75. The Hall–Kier alpha value is -3.55. The van der Waals surface area contributed by atoms with Crippen LogP contribution in [0.15, 0.2) is 54.7 Å². The molecule has 8 heteroatoms. The molecule has 124 valence electrons. The van der Waals surface area contributed by atoms with Gasteiger partial charge in [0.25, 0.3) is 5.69 Å². The summed E-state index contributed by atoms with van der Waals surface area (Å²) >= 11 is 0. The Bertz CT molecular complexity index is 1090. The fourth-order valence-corrected chi connectivity index (χ4v) is 2.75. The maximum atomic E-state index is 10.9. The Kier molecular flexibility index (Phi) is 3.50. The smallest absolute Gasteiger partial charge is 0.270 e. The quantitative estimate of drug-likeness (QED) is 0.454. The van der Waals surface area contributed by atoms with E-state index in [1.54, 1.807) is 12.1 Å². The summed E-state index contributed by atoms with van der Waals surface area (Å²) in [6.07, 6.45) is 1.91. The van der Waals surface area contributed by atoms with Crippen molar-refractivity contribution in [1.82, 2.24) is 19.6 Å². The number of nitro groups is 1. The third kappa shape index (κ3) is 2.74. The second kappa shape index (κ2) is 5.82. The number of hydrogen-bond donors (Lipinski definition) is 1. The molecule has 0 radical (unpaired) electrons. The molecule has 3 heterocycles. The minimum atomic E-state index is -0.413. The van der Waals surface area contributed by atoms with Gasteiger partial charge < -0.3 is 5.32 Å². The first-order valence-electron chi connectivity index (χ1n) is 7.73. The van der Waals surface area contributed by atoms with Crippen molar-refractivity contribution in [2.45, 2.75) is 13.0 Å². The van der Waals surface area contributed by atoms with Crippen LogP contribution in [-0.4, -0.2) is 24.5 Å². The summed E-state index contributed by atoms with van der Waals surface area (Å²) in [6, 6.07) is 13.8. The zero-order chi connectivity index (χ0) is 17.4. The molecular weight excluding hydrogens is 320 g/mol. The number of benzene rings is 1. The van der Waals surface area contributed by atoms with Crippen molar-refractivity contribution in [3.63, 3.8) is 0 Å². The van der Waals surface area contributed by atoms with Crippen molar-refractivity contribution in [3.8, 4) is 0 Å². The van der Waals surface area contributed by atoms with Crippen LogP contribution in [0, 0.1) is 10.1 Å². The van der Waals surface area contributed by atoms with Gasteiger partial charge in [0, 0.05) is 23.7 Å². The van der Waals surface area contributed by atoms with E-state index in [2.05, 4.69) is 20.5 Å². The number of nitrogens with zero attached hydrogens (tertiary/aromatic N) is 5. The highest BCUT2D eigenvalue weighted by Crippen LogP contribution is 2.23. The number of nitrogens with one attached hydrogen (secondary N) is 1. The number of fused-ring (bicyclic) bond motifs is 2. The summed E-state index contributed by atoms with van der Waals surface area (Å²) in [7, 11) is 0. The minimum absolute atomic E-state index is 0.0540. The van der Waals surface area contributed by atoms with E-state index in [0.29, 0.717) is 11.3 Å². The SMILES string of the molecule is CC(Nc1ccc2cc([N+](=O)[O-])ccc2n1)c1nnc2ccccn12. The zero-order valence-corrected chi connectivity index (χ0v) is 13.3. The average Bonchev–Trinajstić information content (AvgIpc) is 3.05. The molecule has 0 saturated carbocycles. The van der Waals surface area contributed by atoms with Crippen LogP contribution < -0.4 is 5.32 Å². The van der Waals surface area contributed by atoms with Gasteiger partial charge >= 0.3 is 0 Å². The Labute approximate surface area is 142 Å². The van der Waals surface area contributed by atoms with Crippen molar-refractivity contribution in [3.05, 3.63) is 70.7 Å². The van der Waals surface area contributed by atoms with Gasteiger partial charge in [-0.2, -0.15) is 0 Å². The lowest BCUT2D eigenvalue weighted by Crippen LogP contribution is -2.11. The van der Waals surface area contributed by atoms with Crippen LogP contribution in [-0.2, 0) is 0 Å². The number of non-ortho nitro benzene ring substituents is 1. The molecule has 1 N–H and O–H groups in total. The molecule has 0 bridgehead atoms. The standard InChI is InChI=1S/C17H14N6O2/c1-11(17-21-20-16-4-2-3-9-22(16)17)18-15-8-5-12-10-13(23(24)25)6-7-14(12)19-15/h2-11H,1H3,(H,18,19). The molecule has 0 aliphatic rings. The summed E-state index contributed by atoms with van der Waals surface area (Å²) < 4.78 is 1.92. The van der Waals surface area contributed by atoms with E-state index in [-0.39, 0.29) is 11.7 Å². The number of anilines is 1. The summed E-state index contributed by atoms with van der Waals surface area (Å²) in [4.78, 5) is 15.0. The van der Waals surface area contributed by atoms with E-state index in [1.165, 1.54) is 12.1 Å². The number of aromatic nitrogens is 4. The van der Waals surface area contributed by atoms with Gasteiger partial charge in [-0.1, -0.05) is 6.07 Å². The van der Waals surface area contributed by atoms with Crippen molar-refractivity contribution in [1.29, 1.82) is 0 Å². The number of rotatable bonds is 4. The largest absolute Gasteiger partial charge is 0.360 e.